The number of benzene rings is 2. The van der Waals surface area contributed by atoms with Gasteiger partial charge in [-0.15, -0.1) is 0 Å². The third-order valence-corrected chi connectivity index (χ3v) is 6.91. The lowest BCUT2D eigenvalue weighted by Crippen LogP contribution is -2.36. The topological polar surface area (TPSA) is 18.5 Å². The molecule has 0 spiro atoms. The summed E-state index contributed by atoms with van der Waals surface area (Å²) in [7, 11) is 0. The van der Waals surface area contributed by atoms with Gasteiger partial charge in [-0.05, 0) is 48.9 Å². The highest BCUT2D eigenvalue weighted by molar-refractivity contribution is 7.21. The van der Waals surface area contributed by atoms with Gasteiger partial charge in [0.25, 0.3) is 0 Å². The third kappa shape index (κ3) is 9.10. The van der Waals surface area contributed by atoms with Gasteiger partial charge in [-0.25, -0.2) is 0 Å². The Morgan fingerprint density at radius 1 is 0.656 bits per heavy atom. The summed E-state index contributed by atoms with van der Waals surface area (Å²) in [4.78, 5) is 0. The van der Waals surface area contributed by atoms with E-state index in [1.807, 2.05) is 24.3 Å². The molecule has 4 heteroatoms. The molecule has 0 aliphatic heterocycles. The summed E-state index contributed by atoms with van der Waals surface area (Å²) in [5.41, 5.74) is 2.16. The predicted octanol–water partition coefficient (Wildman–Crippen LogP) is 7.22. The second kappa shape index (κ2) is 15.3. The number of ether oxygens (including phenoxy) is 2. The molecule has 2 unspecified atom stereocenters. The van der Waals surface area contributed by atoms with E-state index in [1.54, 1.807) is 0 Å². The molecule has 0 aromatic heterocycles. The minimum atomic E-state index is -0.181. The van der Waals surface area contributed by atoms with Gasteiger partial charge < -0.3 is 9.47 Å². The molecule has 0 N–H and O–H groups in total. The summed E-state index contributed by atoms with van der Waals surface area (Å²) in [5.74, 6) is 3.11. The molecule has 0 saturated heterocycles. The minimum absolute atomic E-state index is 0.181. The summed E-state index contributed by atoms with van der Waals surface area (Å²) >= 11 is 6.77. The van der Waals surface area contributed by atoms with E-state index in [9.17, 15) is 0 Å². The largest absolute Gasteiger partial charge is 0.493 e. The summed E-state index contributed by atoms with van der Waals surface area (Å²) < 4.78 is 12.1. The van der Waals surface area contributed by atoms with Crippen LogP contribution in [0.4, 0.5) is 0 Å². The quantitative estimate of drug-likeness (QED) is 0.248. The van der Waals surface area contributed by atoms with Crippen LogP contribution in [0.15, 0.2) is 48.5 Å². The lowest BCUT2D eigenvalue weighted by Gasteiger charge is -2.16. The maximum absolute atomic E-state index is 6.77. The standard InChI is InChI=1S/C28H42BClO2/c1-5-9-11-23(7-3)21-31-27-17-13-25(14-18-27)29(30)26-15-19-28(20-16-26)32-22-24(8-4)12-10-6-2/h13-20,23-24H,5-12,21-22H2,1-4H3. The number of rotatable bonds is 16. The van der Waals surface area contributed by atoms with Crippen LogP contribution in [-0.4, -0.2) is 19.3 Å². The highest BCUT2D eigenvalue weighted by atomic mass is 35.5. The van der Waals surface area contributed by atoms with Gasteiger partial charge in [0.05, 0.1) is 13.2 Å². The number of hydrogen-bond acceptors (Lipinski definition) is 2. The zero-order chi connectivity index (χ0) is 23.2. The molecule has 2 atom stereocenters. The van der Waals surface area contributed by atoms with Crippen LogP contribution in [0.2, 0.25) is 0 Å². The van der Waals surface area contributed by atoms with Crippen molar-refractivity contribution in [1.82, 2.24) is 0 Å². The minimum Gasteiger partial charge on any atom is -0.493 e. The van der Waals surface area contributed by atoms with E-state index in [-0.39, 0.29) is 6.13 Å². The first-order chi connectivity index (χ1) is 15.6. The van der Waals surface area contributed by atoms with Crippen molar-refractivity contribution >= 4 is 28.5 Å². The van der Waals surface area contributed by atoms with Gasteiger partial charge in [-0.2, -0.15) is 11.5 Å². The second-order valence-electron chi connectivity index (χ2n) is 8.96. The Bertz CT molecular complexity index is 669. The van der Waals surface area contributed by atoms with Crippen LogP contribution >= 0.6 is 11.5 Å². The average molecular weight is 457 g/mol. The fourth-order valence-corrected chi connectivity index (χ4v) is 4.17. The van der Waals surface area contributed by atoms with Crippen molar-refractivity contribution in [1.29, 1.82) is 0 Å². The molecule has 0 amide bonds. The molecular formula is C28H42BClO2. The first kappa shape index (κ1) is 26.6. The lowest BCUT2D eigenvalue weighted by molar-refractivity contribution is 0.233. The van der Waals surface area contributed by atoms with Crippen molar-refractivity contribution in [2.75, 3.05) is 13.2 Å². The molecule has 176 valence electrons. The van der Waals surface area contributed by atoms with Crippen LogP contribution in [0.1, 0.15) is 79.1 Å². The third-order valence-electron chi connectivity index (χ3n) is 6.40. The van der Waals surface area contributed by atoms with Crippen LogP contribution in [0.25, 0.3) is 0 Å². The first-order valence-corrected chi connectivity index (χ1v) is 13.1. The van der Waals surface area contributed by atoms with Crippen molar-refractivity contribution in [2.24, 2.45) is 11.8 Å². The Labute approximate surface area is 202 Å². The SMILES string of the molecule is CCCCC(CC)COc1ccc(B(Cl)c2ccc(OCC(CC)CCCC)cc2)cc1. The Hall–Kier alpha value is -1.61. The highest BCUT2D eigenvalue weighted by Crippen LogP contribution is 2.18. The summed E-state index contributed by atoms with van der Waals surface area (Å²) in [6, 6.07) is 16.4. The predicted molar refractivity (Wildman–Crippen MR) is 141 cm³/mol. The Balaban J connectivity index is 1.87. The van der Waals surface area contributed by atoms with Gasteiger partial charge in [0.2, 0.25) is 0 Å². The normalized spacial score (nSPS) is 12.9. The van der Waals surface area contributed by atoms with E-state index in [4.69, 9.17) is 20.9 Å². The molecule has 0 radical (unpaired) electrons. The smallest absolute Gasteiger partial charge is 0.315 e. The van der Waals surface area contributed by atoms with E-state index in [1.165, 1.54) is 51.4 Å². The Morgan fingerprint density at radius 3 is 1.34 bits per heavy atom. The van der Waals surface area contributed by atoms with Crippen molar-refractivity contribution in [3.63, 3.8) is 0 Å². The fourth-order valence-electron chi connectivity index (χ4n) is 3.88. The molecule has 0 saturated carbocycles. The van der Waals surface area contributed by atoms with Gasteiger partial charge >= 0.3 is 6.13 Å². The average Bonchev–Trinajstić information content (AvgIpc) is 2.84. The first-order valence-electron chi connectivity index (χ1n) is 12.7. The van der Waals surface area contributed by atoms with Crippen LogP contribution < -0.4 is 20.4 Å². The van der Waals surface area contributed by atoms with Crippen molar-refractivity contribution in [3.8, 4) is 11.5 Å². The molecule has 2 rings (SSSR count). The van der Waals surface area contributed by atoms with Crippen molar-refractivity contribution in [2.45, 2.75) is 79.1 Å². The summed E-state index contributed by atoms with van der Waals surface area (Å²) in [6.45, 7) is 10.6. The van der Waals surface area contributed by atoms with E-state index < -0.39 is 0 Å². The summed E-state index contributed by atoms with van der Waals surface area (Å²) in [5, 5.41) is 0. The molecular weight excluding hydrogens is 415 g/mol. The van der Waals surface area contributed by atoms with Crippen LogP contribution in [0.5, 0.6) is 11.5 Å². The van der Waals surface area contributed by atoms with Gasteiger partial charge in [-0.1, -0.05) is 101 Å². The number of halogens is 1. The summed E-state index contributed by atoms with van der Waals surface area (Å²) in [6.07, 6.45) is 9.67. The van der Waals surface area contributed by atoms with Crippen molar-refractivity contribution < 1.29 is 9.47 Å². The molecule has 2 aromatic carbocycles. The number of unbranched alkanes of at least 4 members (excludes halogenated alkanes) is 2. The van der Waals surface area contributed by atoms with E-state index in [0.717, 1.165) is 35.6 Å². The molecule has 0 heterocycles. The Kier molecular flexibility index (Phi) is 12.7. The molecule has 0 bridgehead atoms. The highest BCUT2D eigenvalue weighted by Gasteiger charge is 2.17. The molecule has 32 heavy (non-hydrogen) atoms. The van der Waals surface area contributed by atoms with Gasteiger partial charge in [-0.3, -0.25) is 0 Å². The van der Waals surface area contributed by atoms with Gasteiger partial charge in [0.1, 0.15) is 11.5 Å². The maximum Gasteiger partial charge on any atom is 0.315 e. The van der Waals surface area contributed by atoms with E-state index in [0.29, 0.717) is 11.8 Å². The van der Waals surface area contributed by atoms with Gasteiger partial charge in [0.15, 0.2) is 0 Å². The molecule has 2 aromatic rings. The second-order valence-corrected chi connectivity index (χ2v) is 9.39. The van der Waals surface area contributed by atoms with Crippen LogP contribution in [-0.2, 0) is 0 Å². The molecule has 0 aliphatic carbocycles. The van der Waals surface area contributed by atoms with Crippen LogP contribution in [0.3, 0.4) is 0 Å². The van der Waals surface area contributed by atoms with E-state index >= 15 is 0 Å². The maximum atomic E-state index is 6.77. The van der Waals surface area contributed by atoms with E-state index in [2.05, 4.69) is 52.0 Å². The van der Waals surface area contributed by atoms with Crippen molar-refractivity contribution in [3.05, 3.63) is 48.5 Å². The Morgan fingerprint density at radius 2 is 1.03 bits per heavy atom. The monoisotopic (exact) mass is 456 g/mol. The fraction of sp³-hybridized carbons (Fsp3) is 0.571. The molecule has 0 aliphatic rings. The van der Waals surface area contributed by atoms with Crippen LogP contribution in [0, 0.1) is 11.8 Å². The molecule has 2 nitrogen and oxygen atoms in total. The lowest BCUT2D eigenvalue weighted by atomic mass is 9.62. The van der Waals surface area contributed by atoms with Gasteiger partial charge in [0, 0.05) is 0 Å². The number of hydrogen-bond donors (Lipinski definition) is 0. The molecule has 0 fully saturated rings. The zero-order valence-corrected chi connectivity index (χ0v) is 21.4. The zero-order valence-electron chi connectivity index (χ0n) is 20.6.